The number of hydrogen-bond acceptors (Lipinski definition) is 9. The van der Waals surface area contributed by atoms with Crippen molar-refractivity contribution in [1.29, 1.82) is 0 Å². The van der Waals surface area contributed by atoms with Crippen molar-refractivity contribution in [1.82, 2.24) is 0 Å². The van der Waals surface area contributed by atoms with Crippen LogP contribution in [0.3, 0.4) is 0 Å². The van der Waals surface area contributed by atoms with Crippen molar-refractivity contribution in [3.63, 3.8) is 0 Å². The van der Waals surface area contributed by atoms with E-state index in [-0.39, 0.29) is 19.4 Å². The number of unbranched alkanes of at least 4 members (excludes halogenated alkanes) is 28. The molecule has 11 heteroatoms. The van der Waals surface area contributed by atoms with Crippen LogP contribution in [0.1, 0.15) is 232 Å². The van der Waals surface area contributed by atoms with Crippen LogP contribution in [0.5, 0.6) is 0 Å². The van der Waals surface area contributed by atoms with Gasteiger partial charge in [0.1, 0.15) is 12.7 Å². The Morgan fingerprint density at radius 3 is 1.22 bits per heavy atom. The maximum atomic E-state index is 12.6. The fourth-order valence-electron chi connectivity index (χ4n) is 6.81. The summed E-state index contributed by atoms with van der Waals surface area (Å²) in [5.41, 5.74) is 0. The van der Waals surface area contributed by atoms with Gasteiger partial charge in [0, 0.05) is 12.8 Å². The van der Waals surface area contributed by atoms with Gasteiger partial charge in [-0.3, -0.25) is 18.6 Å². The molecule has 0 heterocycles. The van der Waals surface area contributed by atoms with Crippen molar-refractivity contribution < 1.29 is 47.8 Å². The second-order valence-electron chi connectivity index (χ2n) is 16.5. The number of ether oxygens (including phenoxy) is 2. The SMILES string of the molecule is CCCCCCCC/C=C/CCCCCCCCCCCC(=O)OC[C@H](COP(=O)(O)OC[C@@H](O)CO)OC(=O)CCCCCCCCC/C=C/CCCCCCCC. The summed E-state index contributed by atoms with van der Waals surface area (Å²) < 4.78 is 32.8. The van der Waals surface area contributed by atoms with E-state index in [1.165, 1.54) is 148 Å². The fraction of sp³-hybridized carbons (Fsp3) is 0.875. The van der Waals surface area contributed by atoms with E-state index in [9.17, 15) is 24.2 Å². The molecule has 1 unspecified atom stereocenters. The van der Waals surface area contributed by atoms with E-state index in [4.69, 9.17) is 23.6 Å². The highest BCUT2D eigenvalue weighted by Crippen LogP contribution is 2.43. The van der Waals surface area contributed by atoms with Crippen molar-refractivity contribution >= 4 is 19.8 Å². The summed E-state index contributed by atoms with van der Waals surface area (Å²) in [6, 6.07) is 0. The van der Waals surface area contributed by atoms with Gasteiger partial charge in [0.05, 0.1) is 19.8 Å². The van der Waals surface area contributed by atoms with Crippen molar-refractivity contribution in [2.24, 2.45) is 0 Å². The van der Waals surface area contributed by atoms with Crippen LogP contribution in [0.2, 0.25) is 0 Å². The summed E-state index contributed by atoms with van der Waals surface area (Å²) in [4.78, 5) is 35.1. The number of phosphoric ester groups is 1. The Bertz CT molecular complexity index is 1040. The van der Waals surface area contributed by atoms with E-state index in [1.807, 2.05) is 0 Å². The Labute approximate surface area is 361 Å². The number of rotatable bonds is 46. The van der Waals surface area contributed by atoms with Gasteiger partial charge in [-0.15, -0.1) is 0 Å². The minimum atomic E-state index is -4.62. The lowest BCUT2D eigenvalue weighted by Crippen LogP contribution is -2.29. The van der Waals surface area contributed by atoms with Crippen LogP contribution in [0.25, 0.3) is 0 Å². The first-order valence-corrected chi connectivity index (χ1v) is 25.8. The number of aliphatic hydroxyl groups is 2. The first kappa shape index (κ1) is 57.4. The van der Waals surface area contributed by atoms with Gasteiger partial charge >= 0.3 is 19.8 Å². The van der Waals surface area contributed by atoms with Crippen molar-refractivity contribution in [2.75, 3.05) is 26.4 Å². The number of carbonyl (C=O) groups is 2. The van der Waals surface area contributed by atoms with Gasteiger partial charge in [-0.25, -0.2) is 4.57 Å². The van der Waals surface area contributed by atoms with Crippen LogP contribution >= 0.6 is 7.82 Å². The minimum Gasteiger partial charge on any atom is -0.462 e. The average Bonchev–Trinajstić information content (AvgIpc) is 3.22. The highest BCUT2D eigenvalue weighted by Gasteiger charge is 2.27. The smallest absolute Gasteiger partial charge is 0.462 e. The van der Waals surface area contributed by atoms with Crippen LogP contribution in [-0.2, 0) is 32.7 Å². The van der Waals surface area contributed by atoms with Gasteiger partial charge in [0.2, 0.25) is 0 Å². The molecule has 0 spiro atoms. The summed E-state index contributed by atoms with van der Waals surface area (Å²) in [5, 5.41) is 18.4. The van der Waals surface area contributed by atoms with Gasteiger partial charge in [0.15, 0.2) is 6.10 Å². The van der Waals surface area contributed by atoms with Crippen molar-refractivity contribution in [3.05, 3.63) is 24.3 Å². The quantitative estimate of drug-likeness (QED) is 0.0234. The Morgan fingerprint density at radius 2 is 0.831 bits per heavy atom. The molecule has 0 aliphatic rings. The zero-order valence-corrected chi connectivity index (χ0v) is 38.9. The number of esters is 2. The topological polar surface area (TPSA) is 149 Å². The van der Waals surface area contributed by atoms with E-state index in [2.05, 4.69) is 38.2 Å². The van der Waals surface area contributed by atoms with E-state index in [0.717, 1.165) is 44.9 Å². The molecule has 0 aromatic carbocycles. The van der Waals surface area contributed by atoms with Crippen LogP contribution in [0.15, 0.2) is 24.3 Å². The first-order valence-electron chi connectivity index (χ1n) is 24.3. The first-order chi connectivity index (χ1) is 28.7. The molecular formula is C48H91O10P. The van der Waals surface area contributed by atoms with Crippen LogP contribution in [0.4, 0.5) is 0 Å². The summed E-state index contributed by atoms with van der Waals surface area (Å²) in [7, 11) is -4.62. The highest BCUT2D eigenvalue weighted by molar-refractivity contribution is 7.47. The average molecular weight is 859 g/mol. The standard InChI is InChI=1S/C48H91O10P/c1-3-5-7-9-11-13-15-17-19-21-22-24-25-27-29-31-33-35-37-39-47(51)55-43-46(44-57-59(53,54)56-42-45(50)41-49)58-48(52)40-38-36-34-32-30-28-26-23-20-18-16-14-12-10-8-6-4-2/h17-20,45-46,49-50H,3-16,21-44H2,1-2H3,(H,53,54)/b19-17+,20-18+/t45-,46+/m0/s1. The summed E-state index contributed by atoms with van der Waals surface area (Å²) in [5.74, 6) is -0.923. The minimum absolute atomic E-state index is 0.181. The number of hydrogen-bond donors (Lipinski definition) is 3. The van der Waals surface area contributed by atoms with E-state index in [0.29, 0.717) is 12.8 Å². The van der Waals surface area contributed by atoms with Crippen LogP contribution in [0, 0.1) is 0 Å². The normalized spacial score (nSPS) is 13.9. The molecule has 3 atom stereocenters. The maximum Gasteiger partial charge on any atom is 0.472 e. The third kappa shape index (κ3) is 44.3. The summed E-state index contributed by atoms with van der Waals surface area (Å²) >= 11 is 0. The Morgan fingerprint density at radius 1 is 0.492 bits per heavy atom. The Kier molecular flexibility index (Phi) is 43.3. The number of aliphatic hydroxyl groups excluding tert-OH is 2. The van der Waals surface area contributed by atoms with Crippen LogP contribution < -0.4 is 0 Å². The predicted molar refractivity (Wildman–Crippen MR) is 242 cm³/mol. The fourth-order valence-corrected chi connectivity index (χ4v) is 7.60. The second-order valence-corrected chi connectivity index (χ2v) is 17.9. The van der Waals surface area contributed by atoms with Gasteiger partial charge in [0.25, 0.3) is 0 Å². The molecule has 0 radical (unpaired) electrons. The zero-order valence-electron chi connectivity index (χ0n) is 38.0. The largest absolute Gasteiger partial charge is 0.472 e. The van der Waals surface area contributed by atoms with Crippen LogP contribution in [-0.4, -0.2) is 65.7 Å². The monoisotopic (exact) mass is 859 g/mol. The molecule has 0 aromatic heterocycles. The lowest BCUT2D eigenvalue weighted by atomic mass is 10.1. The van der Waals surface area contributed by atoms with Crippen molar-refractivity contribution in [3.8, 4) is 0 Å². The molecule has 0 aliphatic carbocycles. The third-order valence-electron chi connectivity index (χ3n) is 10.6. The van der Waals surface area contributed by atoms with E-state index < -0.39 is 51.8 Å². The Hall–Kier alpha value is -1.55. The van der Waals surface area contributed by atoms with Gasteiger partial charge in [-0.05, 0) is 64.2 Å². The molecule has 0 saturated heterocycles. The zero-order chi connectivity index (χ0) is 43.3. The number of phosphoric acid groups is 1. The molecule has 0 fully saturated rings. The van der Waals surface area contributed by atoms with E-state index in [1.54, 1.807) is 0 Å². The number of carbonyl (C=O) groups excluding carboxylic acids is 2. The summed E-state index contributed by atoms with van der Waals surface area (Å²) in [6.45, 7) is 2.40. The molecule has 0 aromatic rings. The molecule has 0 saturated carbocycles. The molecule has 10 nitrogen and oxygen atoms in total. The van der Waals surface area contributed by atoms with E-state index >= 15 is 0 Å². The maximum absolute atomic E-state index is 12.6. The molecular weight excluding hydrogens is 767 g/mol. The van der Waals surface area contributed by atoms with Gasteiger partial charge in [-0.1, -0.05) is 179 Å². The molecule has 0 amide bonds. The molecule has 348 valence electrons. The molecule has 0 rings (SSSR count). The predicted octanol–water partition coefficient (Wildman–Crippen LogP) is 13.3. The highest BCUT2D eigenvalue weighted by atomic mass is 31.2. The molecule has 59 heavy (non-hydrogen) atoms. The van der Waals surface area contributed by atoms with Gasteiger partial charge < -0.3 is 24.6 Å². The van der Waals surface area contributed by atoms with Crippen molar-refractivity contribution in [2.45, 2.75) is 244 Å². The molecule has 0 aliphatic heterocycles. The number of allylic oxidation sites excluding steroid dienone is 4. The molecule has 3 N–H and O–H groups in total. The molecule has 0 bridgehead atoms. The lowest BCUT2D eigenvalue weighted by Gasteiger charge is -2.20. The summed E-state index contributed by atoms with van der Waals surface area (Å²) in [6.07, 6.45) is 45.7. The van der Waals surface area contributed by atoms with Gasteiger partial charge in [-0.2, -0.15) is 0 Å². The third-order valence-corrected chi connectivity index (χ3v) is 11.5. The lowest BCUT2D eigenvalue weighted by molar-refractivity contribution is -0.161. The second kappa shape index (κ2) is 44.5. The Balaban J connectivity index is 4.21.